The number of sulfone groups is 1. The van der Waals surface area contributed by atoms with Crippen LogP contribution >= 0.6 is 11.3 Å². The van der Waals surface area contributed by atoms with Crippen molar-refractivity contribution >= 4 is 49.0 Å². The summed E-state index contributed by atoms with van der Waals surface area (Å²) in [5, 5.41) is 11.0. The molecule has 0 radical (unpaired) electrons. The molecule has 2 aromatic heterocycles. The lowest BCUT2D eigenvalue weighted by Crippen LogP contribution is -2.43. The number of carboxylic acids is 1. The predicted molar refractivity (Wildman–Crippen MR) is 159 cm³/mol. The lowest BCUT2D eigenvalue weighted by Gasteiger charge is -2.26. The van der Waals surface area contributed by atoms with Gasteiger partial charge in [-0.1, -0.05) is 26.0 Å². The molecule has 44 heavy (non-hydrogen) atoms. The Hall–Kier alpha value is -3.39. The van der Waals surface area contributed by atoms with Crippen molar-refractivity contribution in [3.63, 3.8) is 0 Å². The summed E-state index contributed by atoms with van der Waals surface area (Å²) in [7, 11) is -6.83. The summed E-state index contributed by atoms with van der Waals surface area (Å²) in [5.74, 6) is -2.29. The number of hydrogen-bond acceptors (Lipinski definition) is 11. The Bertz CT molecular complexity index is 1660. The summed E-state index contributed by atoms with van der Waals surface area (Å²) in [6.45, 7) is 5.64. The van der Waals surface area contributed by atoms with Crippen LogP contribution in [0.3, 0.4) is 0 Å². The minimum atomic E-state index is -5.08. The molecule has 1 aromatic carbocycles. The summed E-state index contributed by atoms with van der Waals surface area (Å²) >= 11 is 1.51. The van der Waals surface area contributed by atoms with Crippen molar-refractivity contribution < 1.29 is 44.6 Å². The number of halogens is 3. The highest BCUT2D eigenvalue weighted by atomic mass is 32.2. The molecule has 4 rings (SSSR count). The molecule has 1 saturated heterocycles. The van der Waals surface area contributed by atoms with Crippen LogP contribution in [-0.4, -0.2) is 98.2 Å². The van der Waals surface area contributed by atoms with Gasteiger partial charge in [0.2, 0.25) is 5.95 Å². The molecule has 0 unspecified atom stereocenters. The molecule has 0 atom stereocenters. The molecule has 242 valence electrons. The number of hydrogen-bond donors (Lipinski definition) is 3. The topological polar surface area (TPSA) is 181 Å². The molecule has 1 fully saturated rings. The van der Waals surface area contributed by atoms with Crippen molar-refractivity contribution in [2.75, 3.05) is 54.9 Å². The minimum absolute atomic E-state index is 0.0307. The van der Waals surface area contributed by atoms with Crippen molar-refractivity contribution in [1.29, 1.82) is 0 Å². The van der Waals surface area contributed by atoms with E-state index in [-0.39, 0.29) is 18.2 Å². The number of ether oxygens (including phenoxy) is 1. The molecule has 3 heterocycles. The smallest absolute Gasteiger partial charge is 0.475 e. The third-order valence-electron chi connectivity index (χ3n) is 5.72. The number of morpholine rings is 1. The minimum Gasteiger partial charge on any atom is -0.475 e. The number of alkyl halides is 3. The van der Waals surface area contributed by atoms with Gasteiger partial charge in [0.25, 0.3) is 0 Å². The van der Waals surface area contributed by atoms with Crippen molar-refractivity contribution in [3.05, 3.63) is 41.5 Å². The van der Waals surface area contributed by atoms with Crippen molar-refractivity contribution in [3.8, 4) is 21.8 Å². The molecular weight excluding hydrogens is 650 g/mol. The molecule has 0 amide bonds. The van der Waals surface area contributed by atoms with Crippen LogP contribution in [0.2, 0.25) is 0 Å². The summed E-state index contributed by atoms with van der Waals surface area (Å²) in [6, 6.07) is 8.89. The van der Waals surface area contributed by atoms with Crippen LogP contribution < -0.4 is 10.0 Å². The Balaban J connectivity index is 0.000000676. The number of carbonyl (C=O) groups is 1. The second-order valence-electron chi connectivity index (χ2n) is 9.71. The van der Waals surface area contributed by atoms with E-state index in [1.807, 2.05) is 6.07 Å². The second-order valence-corrected chi connectivity index (χ2v) is 14.7. The van der Waals surface area contributed by atoms with Crippen LogP contribution in [0.1, 0.15) is 24.8 Å². The molecular formula is C25H31F3N6O7S3. The predicted octanol–water partition coefficient (Wildman–Crippen LogP) is 3.47. The maximum absolute atomic E-state index is 12.9. The lowest BCUT2D eigenvalue weighted by atomic mass is 10.1. The van der Waals surface area contributed by atoms with Gasteiger partial charge in [0.05, 0.1) is 45.9 Å². The monoisotopic (exact) mass is 680 g/mol. The molecule has 1 aliphatic rings. The SMILES string of the molecule is CC(C)c1nc(-c2cccc(NS(=O)(=O)N3CCOCC3)c2)c(-c2ccnc(NCCS(C)(=O)=O)n2)s1.O=C(O)C(F)(F)F. The van der Waals surface area contributed by atoms with Gasteiger partial charge in [0.1, 0.15) is 9.84 Å². The van der Waals surface area contributed by atoms with Gasteiger partial charge in [-0.2, -0.15) is 25.9 Å². The average Bonchev–Trinajstić information content (AvgIpc) is 3.39. The number of rotatable bonds is 10. The van der Waals surface area contributed by atoms with Crippen LogP contribution in [0.15, 0.2) is 36.5 Å². The fraction of sp³-hybridized carbons (Fsp3) is 0.440. The van der Waals surface area contributed by atoms with E-state index >= 15 is 0 Å². The van der Waals surface area contributed by atoms with E-state index in [2.05, 4.69) is 33.9 Å². The third-order valence-corrected chi connectivity index (χ3v) is 9.58. The van der Waals surface area contributed by atoms with Crippen LogP contribution in [0.25, 0.3) is 21.8 Å². The third kappa shape index (κ3) is 10.4. The molecule has 0 saturated carbocycles. The number of aliphatic carboxylic acids is 1. The first-order valence-corrected chi connectivity index (χ1v) is 17.3. The van der Waals surface area contributed by atoms with Crippen LogP contribution in [0, 0.1) is 0 Å². The van der Waals surface area contributed by atoms with Crippen LogP contribution in [0.5, 0.6) is 0 Å². The van der Waals surface area contributed by atoms with Gasteiger partial charge in [0, 0.05) is 43.6 Å². The summed E-state index contributed by atoms with van der Waals surface area (Å²) in [6.07, 6.45) is -2.30. The average molecular weight is 681 g/mol. The van der Waals surface area contributed by atoms with Gasteiger partial charge in [-0.25, -0.2) is 28.2 Å². The largest absolute Gasteiger partial charge is 0.490 e. The number of thiazole rings is 1. The van der Waals surface area contributed by atoms with E-state index in [4.69, 9.17) is 19.6 Å². The van der Waals surface area contributed by atoms with Crippen molar-refractivity contribution in [2.45, 2.75) is 25.9 Å². The number of nitrogens with zero attached hydrogens (tertiary/aromatic N) is 4. The summed E-state index contributed by atoms with van der Waals surface area (Å²) in [4.78, 5) is 23.4. The molecule has 0 bridgehead atoms. The second kappa shape index (κ2) is 14.6. The molecule has 13 nitrogen and oxygen atoms in total. The zero-order valence-electron chi connectivity index (χ0n) is 23.8. The number of anilines is 2. The maximum Gasteiger partial charge on any atom is 0.490 e. The van der Waals surface area contributed by atoms with Gasteiger partial charge < -0.3 is 15.2 Å². The number of benzene rings is 1. The first kappa shape index (κ1) is 35.1. The Kier molecular flexibility index (Phi) is 11.6. The normalized spacial score (nSPS) is 14.5. The molecule has 3 N–H and O–H groups in total. The van der Waals surface area contributed by atoms with E-state index in [0.717, 1.165) is 15.4 Å². The van der Waals surface area contributed by atoms with Gasteiger partial charge >= 0.3 is 22.4 Å². The molecule has 0 aliphatic carbocycles. The van der Waals surface area contributed by atoms with E-state index < -0.39 is 32.2 Å². The van der Waals surface area contributed by atoms with E-state index in [9.17, 15) is 30.0 Å². The zero-order valence-corrected chi connectivity index (χ0v) is 26.3. The zero-order chi connectivity index (χ0) is 32.7. The molecule has 0 spiro atoms. The highest BCUT2D eigenvalue weighted by Gasteiger charge is 2.38. The maximum atomic E-state index is 12.9. The van der Waals surface area contributed by atoms with Crippen LogP contribution in [0.4, 0.5) is 24.8 Å². The Morgan fingerprint density at radius 2 is 1.80 bits per heavy atom. The van der Waals surface area contributed by atoms with E-state index in [1.54, 1.807) is 30.5 Å². The first-order valence-electron chi connectivity index (χ1n) is 13.0. The standard InChI is InChI=1S/C23H30N6O5S3.C2HF3O2/c1-16(2)22-27-20(21(35-22)19-7-8-24-23(26-19)25-9-14-36(3,30)31)17-5-4-6-18(15-17)28-37(32,33)29-10-12-34-13-11-29;3-2(4,5)1(6)7/h4-8,15-16,28H,9-14H2,1-3H3,(H,24,25,26);(H,6,7). The fourth-order valence-corrected chi connectivity index (χ4v) is 6.32. The number of aromatic nitrogens is 3. The first-order chi connectivity index (χ1) is 20.5. The highest BCUT2D eigenvalue weighted by molar-refractivity contribution is 7.90. The molecule has 19 heteroatoms. The Labute approximate surface area is 256 Å². The molecule has 1 aliphatic heterocycles. The summed E-state index contributed by atoms with van der Waals surface area (Å²) in [5.41, 5.74) is 2.49. The number of nitrogens with one attached hydrogen (secondary N) is 2. The van der Waals surface area contributed by atoms with Crippen LogP contribution in [-0.2, 0) is 29.6 Å². The highest BCUT2D eigenvalue weighted by Crippen LogP contribution is 2.39. The van der Waals surface area contributed by atoms with Crippen molar-refractivity contribution in [1.82, 2.24) is 19.3 Å². The van der Waals surface area contributed by atoms with Gasteiger partial charge in [0.15, 0.2) is 0 Å². The fourth-order valence-electron chi connectivity index (χ4n) is 3.60. The van der Waals surface area contributed by atoms with E-state index in [0.29, 0.717) is 49.3 Å². The molecule has 3 aromatic rings. The Morgan fingerprint density at radius 1 is 1.14 bits per heavy atom. The van der Waals surface area contributed by atoms with Gasteiger partial charge in [-0.3, -0.25) is 4.72 Å². The van der Waals surface area contributed by atoms with E-state index in [1.165, 1.54) is 21.9 Å². The quantitative estimate of drug-likeness (QED) is 0.285. The van der Waals surface area contributed by atoms with Gasteiger partial charge in [-0.05, 0) is 18.2 Å². The summed E-state index contributed by atoms with van der Waals surface area (Å²) < 4.78 is 89.6. The van der Waals surface area contributed by atoms with Crippen molar-refractivity contribution in [2.24, 2.45) is 0 Å². The lowest BCUT2D eigenvalue weighted by molar-refractivity contribution is -0.192. The number of carboxylic acid groups (broad SMARTS) is 1. The van der Waals surface area contributed by atoms with Gasteiger partial charge in [-0.15, -0.1) is 11.3 Å². The Morgan fingerprint density at radius 3 is 2.39 bits per heavy atom.